The lowest BCUT2D eigenvalue weighted by molar-refractivity contribution is 0.189. The van der Waals surface area contributed by atoms with E-state index in [0.29, 0.717) is 0 Å². The van der Waals surface area contributed by atoms with Crippen LogP contribution in [0, 0.1) is 17.8 Å². The Morgan fingerprint density at radius 2 is 1.67 bits per heavy atom. The van der Waals surface area contributed by atoms with E-state index in [4.69, 9.17) is 4.74 Å². The molecule has 1 fully saturated rings. The Morgan fingerprint density at radius 3 is 2.30 bits per heavy atom. The molecule has 0 spiro atoms. The molecule has 2 aliphatic carbocycles. The van der Waals surface area contributed by atoms with Crippen molar-refractivity contribution in [3.8, 4) is 5.75 Å². The van der Waals surface area contributed by atoms with Gasteiger partial charge in [0.05, 0.1) is 6.61 Å². The molecule has 0 aliphatic heterocycles. The van der Waals surface area contributed by atoms with Crippen molar-refractivity contribution in [2.75, 3.05) is 6.61 Å². The average molecular weight is 369 g/mol. The summed E-state index contributed by atoms with van der Waals surface area (Å²) in [6, 6.07) is 8.78. The summed E-state index contributed by atoms with van der Waals surface area (Å²) in [6.45, 7) is 5.41. The highest BCUT2D eigenvalue weighted by Gasteiger charge is 2.27. The first-order chi connectivity index (χ1) is 13.3. The van der Waals surface area contributed by atoms with Crippen LogP contribution in [0.15, 0.2) is 35.9 Å². The van der Waals surface area contributed by atoms with Crippen LogP contribution in [0.25, 0.3) is 0 Å². The van der Waals surface area contributed by atoms with Gasteiger partial charge in [-0.3, -0.25) is 0 Å². The molecule has 0 N–H and O–H groups in total. The van der Waals surface area contributed by atoms with Gasteiger partial charge in [0, 0.05) is 0 Å². The summed E-state index contributed by atoms with van der Waals surface area (Å²) < 4.78 is 5.77. The Morgan fingerprint density at radius 1 is 0.889 bits per heavy atom. The van der Waals surface area contributed by atoms with Gasteiger partial charge < -0.3 is 4.74 Å². The summed E-state index contributed by atoms with van der Waals surface area (Å²) in [5, 5.41) is 0. The molecule has 0 saturated heterocycles. The highest BCUT2D eigenvalue weighted by molar-refractivity contribution is 5.28. The second-order valence-electron chi connectivity index (χ2n) is 8.93. The molecule has 0 amide bonds. The van der Waals surface area contributed by atoms with Gasteiger partial charge in [0.2, 0.25) is 0 Å². The molecule has 1 unspecified atom stereocenters. The molecule has 0 radical (unpaired) electrons. The van der Waals surface area contributed by atoms with Gasteiger partial charge in [-0.1, -0.05) is 63.3 Å². The van der Waals surface area contributed by atoms with Crippen molar-refractivity contribution in [3.05, 3.63) is 41.5 Å². The second-order valence-corrected chi connectivity index (χ2v) is 8.93. The fraction of sp³-hybridized carbons (Fsp3) is 0.692. The Hall–Kier alpha value is -1.24. The van der Waals surface area contributed by atoms with E-state index >= 15 is 0 Å². The number of ether oxygens (including phenoxy) is 1. The van der Waals surface area contributed by atoms with Gasteiger partial charge in [-0.15, -0.1) is 0 Å². The van der Waals surface area contributed by atoms with Crippen LogP contribution in [0.1, 0.15) is 90.0 Å². The minimum absolute atomic E-state index is 0.837. The van der Waals surface area contributed by atoms with Crippen LogP contribution in [0.4, 0.5) is 0 Å². The number of hydrogen-bond acceptors (Lipinski definition) is 1. The van der Waals surface area contributed by atoms with Gasteiger partial charge in [-0.2, -0.15) is 0 Å². The van der Waals surface area contributed by atoms with E-state index in [1.54, 1.807) is 5.57 Å². The lowest BCUT2D eigenvalue weighted by atomic mass is 9.71. The Balaban J connectivity index is 1.39. The van der Waals surface area contributed by atoms with E-state index in [0.717, 1.165) is 36.5 Å². The first kappa shape index (κ1) is 20.5. The highest BCUT2D eigenvalue weighted by Crippen LogP contribution is 2.40. The molecule has 0 aromatic heterocycles. The first-order valence-electron chi connectivity index (χ1n) is 11.7. The van der Waals surface area contributed by atoms with Crippen molar-refractivity contribution in [3.63, 3.8) is 0 Å². The molecule has 1 aromatic rings. The van der Waals surface area contributed by atoms with Crippen LogP contribution < -0.4 is 4.74 Å². The molecule has 1 saturated carbocycles. The van der Waals surface area contributed by atoms with E-state index < -0.39 is 0 Å². The molecule has 1 aromatic carbocycles. The Bertz CT molecular complexity index is 562. The monoisotopic (exact) mass is 368 g/mol. The average Bonchev–Trinajstić information content (AvgIpc) is 2.74. The maximum atomic E-state index is 5.77. The summed E-state index contributed by atoms with van der Waals surface area (Å²) >= 11 is 0. The maximum absolute atomic E-state index is 5.77. The van der Waals surface area contributed by atoms with Crippen LogP contribution in [0.3, 0.4) is 0 Å². The van der Waals surface area contributed by atoms with E-state index in [-0.39, 0.29) is 0 Å². The summed E-state index contributed by atoms with van der Waals surface area (Å²) in [5.74, 6) is 4.04. The fourth-order valence-corrected chi connectivity index (χ4v) is 5.02. The first-order valence-corrected chi connectivity index (χ1v) is 11.7. The normalized spacial score (nSPS) is 25.9. The third-order valence-corrected chi connectivity index (χ3v) is 7.11. The lowest BCUT2D eigenvalue weighted by Gasteiger charge is -2.35. The van der Waals surface area contributed by atoms with Crippen LogP contribution in [-0.4, -0.2) is 6.61 Å². The highest BCUT2D eigenvalue weighted by atomic mass is 16.5. The number of rotatable bonds is 9. The van der Waals surface area contributed by atoms with E-state index in [2.05, 4.69) is 44.2 Å². The smallest absolute Gasteiger partial charge is 0.119 e. The van der Waals surface area contributed by atoms with Crippen molar-refractivity contribution < 1.29 is 4.74 Å². The zero-order chi connectivity index (χ0) is 18.9. The zero-order valence-corrected chi connectivity index (χ0v) is 17.7. The van der Waals surface area contributed by atoms with E-state index in [1.807, 2.05) is 0 Å². The molecule has 1 nitrogen and oxygen atoms in total. The van der Waals surface area contributed by atoms with Crippen molar-refractivity contribution in [2.45, 2.75) is 90.9 Å². The molecule has 3 rings (SSSR count). The number of unbranched alkanes of at least 4 members (excludes halogenated alkanes) is 1. The zero-order valence-electron chi connectivity index (χ0n) is 17.7. The predicted octanol–water partition coefficient (Wildman–Crippen LogP) is 7.74. The molecule has 27 heavy (non-hydrogen) atoms. The van der Waals surface area contributed by atoms with Gasteiger partial charge in [-0.05, 0) is 86.8 Å². The van der Waals surface area contributed by atoms with E-state index in [9.17, 15) is 0 Å². The number of allylic oxidation sites excluding steroid dienone is 2. The fourth-order valence-electron chi connectivity index (χ4n) is 5.02. The maximum Gasteiger partial charge on any atom is 0.119 e. The lowest BCUT2D eigenvalue weighted by Crippen LogP contribution is -2.23. The third kappa shape index (κ3) is 6.40. The summed E-state index contributed by atoms with van der Waals surface area (Å²) in [4.78, 5) is 0. The number of hydrogen-bond donors (Lipinski definition) is 0. The minimum Gasteiger partial charge on any atom is -0.494 e. The molecular weight excluding hydrogens is 328 g/mol. The van der Waals surface area contributed by atoms with Crippen molar-refractivity contribution >= 4 is 0 Å². The van der Waals surface area contributed by atoms with E-state index in [1.165, 1.54) is 76.2 Å². The Labute approximate surface area is 167 Å². The van der Waals surface area contributed by atoms with Gasteiger partial charge in [0.15, 0.2) is 0 Å². The summed E-state index contributed by atoms with van der Waals surface area (Å²) in [5.41, 5.74) is 3.15. The molecule has 0 bridgehead atoms. The van der Waals surface area contributed by atoms with Crippen molar-refractivity contribution in [2.24, 2.45) is 17.8 Å². The second kappa shape index (κ2) is 10.9. The molecular formula is C26H40O. The summed E-state index contributed by atoms with van der Waals surface area (Å²) in [7, 11) is 0. The van der Waals surface area contributed by atoms with Crippen LogP contribution in [-0.2, 0) is 6.42 Å². The molecule has 2 aliphatic rings. The predicted molar refractivity (Wildman–Crippen MR) is 116 cm³/mol. The standard InChI is InChI=1S/C26H40O/c1-3-5-20-27-26-18-12-23(13-19-26)7-6-22-10-16-25(17-11-22)24-14-8-21(4-2)9-15-24/h10,12-13,18-19,21,24-25H,3-9,11,14-17,20H2,1-2H3/t21-,24-,25?. The summed E-state index contributed by atoms with van der Waals surface area (Å²) in [6.07, 6.45) is 18.9. The van der Waals surface area contributed by atoms with Crippen molar-refractivity contribution in [1.82, 2.24) is 0 Å². The largest absolute Gasteiger partial charge is 0.494 e. The number of benzene rings is 1. The van der Waals surface area contributed by atoms with Crippen LogP contribution in [0.5, 0.6) is 5.75 Å². The SMILES string of the molecule is CCCCOc1ccc(CCC2=CCC([C@H]3CC[C@H](CC)CC3)CC2)cc1. The molecule has 1 atom stereocenters. The molecule has 0 heterocycles. The Kier molecular flexibility index (Phi) is 8.30. The van der Waals surface area contributed by atoms with Crippen LogP contribution in [0.2, 0.25) is 0 Å². The number of aryl methyl sites for hydroxylation is 1. The minimum atomic E-state index is 0.837. The van der Waals surface area contributed by atoms with Crippen molar-refractivity contribution in [1.29, 1.82) is 0 Å². The van der Waals surface area contributed by atoms with Crippen LogP contribution >= 0.6 is 0 Å². The topological polar surface area (TPSA) is 9.23 Å². The molecule has 1 heteroatoms. The third-order valence-electron chi connectivity index (χ3n) is 7.11. The van der Waals surface area contributed by atoms with Gasteiger partial charge in [0.1, 0.15) is 5.75 Å². The van der Waals surface area contributed by atoms with Gasteiger partial charge in [0.25, 0.3) is 0 Å². The quantitative estimate of drug-likeness (QED) is 0.320. The van der Waals surface area contributed by atoms with Gasteiger partial charge in [-0.25, -0.2) is 0 Å². The van der Waals surface area contributed by atoms with Gasteiger partial charge >= 0.3 is 0 Å². The molecule has 150 valence electrons.